The smallest absolute Gasteiger partial charge is 0.435 e. The van der Waals surface area contributed by atoms with Gasteiger partial charge in [-0.05, 0) is 65.7 Å². The fourth-order valence-electron chi connectivity index (χ4n) is 4.42. The molecule has 48 heavy (non-hydrogen) atoms. The van der Waals surface area contributed by atoms with Gasteiger partial charge in [-0.3, -0.25) is 9.59 Å². The zero-order valence-corrected chi connectivity index (χ0v) is 25.1. The molecule has 0 fully saturated rings. The summed E-state index contributed by atoms with van der Waals surface area (Å²) in [6.45, 7) is -2.04. The number of amides is 2. The topological polar surface area (TPSA) is 166 Å². The maximum absolute atomic E-state index is 13.8. The summed E-state index contributed by atoms with van der Waals surface area (Å²) in [5.74, 6) is -3.13. The number of alkyl halides is 5. The number of hydrogen-bond acceptors (Lipinski definition) is 9. The molecular weight excluding hydrogens is 667 g/mol. The maximum Gasteiger partial charge on any atom is 0.455 e. The first-order valence-electron chi connectivity index (χ1n) is 13.5. The average molecular weight is 687 g/mol. The third-order valence-electron chi connectivity index (χ3n) is 6.47. The Kier molecular flexibility index (Phi) is 9.61. The largest absolute Gasteiger partial charge is 0.455 e. The van der Waals surface area contributed by atoms with Crippen LogP contribution in [0.15, 0.2) is 60.8 Å². The number of carbonyl (C=O) groups is 2. The van der Waals surface area contributed by atoms with Gasteiger partial charge in [0, 0.05) is 12.7 Å². The standard InChI is InChI=1S/C29H20ClF5N10O3/c1-15-8-17(12-36)10-20(25(46)38-13-16-4-2-5-19(9-16)48-28(31)32)23(15)39-26(47)22-11-18(14-44-42-27(40-43-44)29(33,34)35)41-45(22)24-21(30)6-3-7-37-24/h2-11,28H,13-14H2,1H3,(H,38,46)(H,39,47). The van der Waals surface area contributed by atoms with E-state index >= 15 is 0 Å². The minimum atomic E-state index is -4.83. The number of benzene rings is 2. The third kappa shape index (κ3) is 7.70. The van der Waals surface area contributed by atoms with Crippen molar-refractivity contribution >= 4 is 29.1 Å². The number of tetrazole rings is 1. The van der Waals surface area contributed by atoms with Crippen LogP contribution in [0, 0.1) is 18.3 Å². The zero-order valence-electron chi connectivity index (χ0n) is 24.3. The first kappa shape index (κ1) is 33.4. The highest BCUT2D eigenvalue weighted by Gasteiger charge is 2.37. The molecule has 13 nitrogen and oxygen atoms in total. The lowest BCUT2D eigenvalue weighted by Crippen LogP contribution is -2.26. The van der Waals surface area contributed by atoms with E-state index in [9.17, 15) is 36.8 Å². The van der Waals surface area contributed by atoms with E-state index in [1.54, 1.807) is 13.0 Å². The Hall–Kier alpha value is -5.96. The van der Waals surface area contributed by atoms with Crippen molar-refractivity contribution in [2.24, 2.45) is 0 Å². The molecule has 246 valence electrons. The van der Waals surface area contributed by atoms with Crippen molar-refractivity contribution in [2.75, 3.05) is 5.32 Å². The summed E-state index contributed by atoms with van der Waals surface area (Å²) >= 11 is 6.32. The van der Waals surface area contributed by atoms with E-state index in [2.05, 4.69) is 40.9 Å². The van der Waals surface area contributed by atoms with Crippen LogP contribution < -0.4 is 15.4 Å². The summed E-state index contributed by atoms with van der Waals surface area (Å²) in [5, 5.41) is 28.8. The van der Waals surface area contributed by atoms with Crippen molar-refractivity contribution < 1.29 is 36.3 Å². The molecule has 0 atom stereocenters. The zero-order chi connectivity index (χ0) is 34.6. The quantitative estimate of drug-likeness (QED) is 0.194. The summed E-state index contributed by atoms with van der Waals surface area (Å²) in [6.07, 6.45) is -3.46. The van der Waals surface area contributed by atoms with Gasteiger partial charge < -0.3 is 15.4 Å². The number of aryl methyl sites for hydroxylation is 1. The number of nitrogens with zero attached hydrogens (tertiary/aromatic N) is 8. The molecule has 3 heterocycles. The Morgan fingerprint density at radius 3 is 2.56 bits per heavy atom. The number of ether oxygens (including phenoxy) is 1. The number of aromatic nitrogens is 7. The molecule has 2 amide bonds. The number of hydrogen-bond donors (Lipinski definition) is 2. The molecule has 0 saturated heterocycles. The SMILES string of the molecule is Cc1cc(C#N)cc(C(=O)NCc2cccc(OC(F)F)c2)c1NC(=O)c1cc(Cn2nnc(C(F)(F)F)n2)nn1-c1ncccc1Cl. The van der Waals surface area contributed by atoms with Crippen molar-refractivity contribution in [1.29, 1.82) is 5.26 Å². The highest BCUT2D eigenvalue weighted by Crippen LogP contribution is 2.27. The molecule has 0 unspecified atom stereocenters. The molecule has 0 aliphatic carbocycles. The van der Waals surface area contributed by atoms with Crippen molar-refractivity contribution in [3.63, 3.8) is 0 Å². The molecule has 5 aromatic rings. The van der Waals surface area contributed by atoms with E-state index in [1.807, 2.05) is 6.07 Å². The van der Waals surface area contributed by atoms with Crippen LogP contribution in [-0.2, 0) is 19.3 Å². The predicted molar refractivity (Wildman–Crippen MR) is 156 cm³/mol. The van der Waals surface area contributed by atoms with E-state index in [0.29, 0.717) is 15.9 Å². The summed E-state index contributed by atoms with van der Waals surface area (Å²) in [7, 11) is 0. The van der Waals surface area contributed by atoms with Crippen LogP contribution >= 0.6 is 11.6 Å². The highest BCUT2D eigenvalue weighted by atomic mass is 35.5. The Balaban J connectivity index is 1.46. The molecule has 0 saturated carbocycles. The van der Waals surface area contributed by atoms with Crippen LogP contribution in [0.25, 0.3) is 5.82 Å². The molecule has 5 rings (SSSR count). The second-order valence-corrected chi connectivity index (χ2v) is 10.3. The van der Waals surface area contributed by atoms with Crippen molar-refractivity contribution in [3.8, 4) is 17.6 Å². The summed E-state index contributed by atoms with van der Waals surface area (Å²) < 4.78 is 69.7. The predicted octanol–water partition coefficient (Wildman–Crippen LogP) is 4.94. The van der Waals surface area contributed by atoms with Gasteiger partial charge in [-0.2, -0.15) is 37.1 Å². The van der Waals surface area contributed by atoms with Crippen LogP contribution in [-0.4, -0.2) is 53.4 Å². The van der Waals surface area contributed by atoms with Crippen molar-refractivity contribution in [3.05, 3.63) is 105 Å². The Labute approximate surface area is 271 Å². The molecule has 3 aromatic heterocycles. The molecular formula is C29H20ClF5N10O3. The molecule has 19 heteroatoms. The number of rotatable bonds is 10. The second kappa shape index (κ2) is 13.8. The number of nitriles is 1. The fraction of sp³-hybridized carbons (Fsp3) is 0.172. The maximum atomic E-state index is 13.8. The fourth-order valence-corrected chi connectivity index (χ4v) is 4.62. The summed E-state index contributed by atoms with van der Waals surface area (Å²) in [4.78, 5) is 32.0. The van der Waals surface area contributed by atoms with E-state index in [1.165, 1.54) is 54.7 Å². The highest BCUT2D eigenvalue weighted by molar-refractivity contribution is 6.32. The van der Waals surface area contributed by atoms with Gasteiger partial charge in [-0.25, -0.2) is 9.67 Å². The van der Waals surface area contributed by atoms with E-state index < -0.39 is 37.0 Å². The van der Waals surface area contributed by atoms with Crippen LogP contribution in [0.1, 0.15) is 49.1 Å². The number of halogens is 6. The number of nitrogens with one attached hydrogen (secondary N) is 2. The average Bonchev–Trinajstić information content (AvgIpc) is 3.68. The van der Waals surface area contributed by atoms with Gasteiger partial charge in [-0.15, -0.1) is 10.2 Å². The molecule has 0 aliphatic heterocycles. The molecule has 2 N–H and O–H groups in total. The van der Waals surface area contributed by atoms with Crippen LogP contribution in [0.2, 0.25) is 5.02 Å². The first-order chi connectivity index (χ1) is 22.8. The van der Waals surface area contributed by atoms with Gasteiger partial charge in [0.15, 0.2) is 5.82 Å². The van der Waals surface area contributed by atoms with Gasteiger partial charge in [-0.1, -0.05) is 23.7 Å². The van der Waals surface area contributed by atoms with Crippen molar-refractivity contribution in [2.45, 2.75) is 32.8 Å². The number of anilines is 1. The van der Waals surface area contributed by atoms with Gasteiger partial charge in [0.1, 0.15) is 18.0 Å². The normalized spacial score (nSPS) is 11.3. The van der Waals surface area contributed by atoms with E-state index in [4.69, 9.17) is 11.6 Å². The first-order valence-corrected chi connectivity index (χ1v) is 13.9. The van der Waals surface area contributed by atoms with Gasteiger partial charge >= 0.3 is 12.8 Å². The number of carbonyl (C=O) groups excluding carboxylic acids is 2. The monoisotopic (exact) mass is 686 g/mol. The lowest BCUT2D eigenvalue weighted by molar-refractivity contribution is -0.145. The molecule has 0 bridgehead atoms. The van der Waals surface area contributed by atoms with E-state index in [0.717, 1.165) is 4.68 Å². The molecule has 0 spiro atoms. The van der Waals surface area contributed by atoms with Gasteiger partial charge in [0.05, 0.1) is 33.6 Å². The van der Waals surface area contributed by atoms with Gasteiger partial charge in [0.25, 0.3) is 17.6 Å². The summed E-state index contributed by atoms with van der Waals surface area (Å²) in [6, 6.07) is 14.5. The minimum Gasteiger partial charge on any atom is -0.435 e. The van der Waals surface area contributed by atoms with Crippen LogP contribution in [0.3, 0.4) is 0 Å². The lowest BCUT2D eigenvalue weighted by Gasteiger charge is -2.16. The van der Waals surface area contributed by atoms with E-state index in [-0.39, 0.29) is 51.3 Å². The van der Waals surface area contributed by atoms with Crippen molar-refractivity contribution in [1.82, 2.24) is 40.3 Å². The number of pyridine rings is 1. The Morgan fingerprint density at radius 2 is 1.88 bits per heavy atom. The van der Waals surface area contributed by atoms with Gasteiger partial charge in [0.2, 0.25) is 0 Å². The Bertz CT molecular complexity index is 2040. The van der Waals surface area contributed by atoms with Crippen LogP contribution in [0.4, 0.5) is 27.6 Å². The minimum absolute atomic E-state index is 0.00525. The third-order valence-corrected chi connectivity index (χ3v) is 6.76. The molecule has 2 aromatic carbocycles. The molecule has 0 radical (unpaired) electrons. The lowest BCUT2D eigenvalue weighted by atomic mass is 10.0. The second-order valence-electron chi connectivity index (χ2n) is 9.87. The Morgan fingerprint density at radius 1 is 1.08 bits per heavy atom. The van der Waals surface area contributed by atoms with Crippen LogP contribution in [0.5, 0.6) is 5.75 Å². The summed E-state index contributed by atoms with van der Waals surface area (Å²) in [5.41, 5.74) is 0.609. The molecule has 0 aliphatic rings.